The van der Waals surface area contributed by atoms with Crippen molar-refractivity contribution in [3.8, 4) is 0 Å². The molecule has 0 aromatic carbocycles. The summed E-state index contributed by atoms with van der Waals surface area (Å²) in [7, 11) is 0. The molecular weight excluding hydrogens is 158 g/mol. The van der Waals surface area contributed by atoms with Crippen LogP contribution in [0.3, 0.4) is 0 Å². The van der Waals surface area contributed by atoms with Crippen LogP contribution in [-0.4, -0.2) is 22.5 Å². The maximum atomic E-state index is 2.71. The summed E-state index contributed by atoms with van der Waals surface area (Å²) in [5, 5.41) is 0. The maximum Gasteiger partial charge on any atom is 0.0224 e. The van der Waals surface area contributed by atoms with Crippen LogP contribution in [0.5, 0.6) is 0 Å². The SMILES string of the molecule is CCC(C)N1C(C)CC1(C)C(C)C. The van der Waals surface area contributed by atoms with Crippen molar-refractivity contribution in [3.63, 3.8) is 0 Å². The van der Waals surface area contributed by atoms with Gasteiger partial charge < -0.3 is 0 Å². The molecule has 1 heterocycles. The van der Waals surface area contributed by atoms with Gasteiger partial charge >= 0.3 is 0 Å². The van der Waals surface area contributed by atoms with Gasteiger partial charge in [-0.05, 0) is 39.5 Å². The molecule has 78 valence electrons. The Bertz CT molecular complexity index is 176. The first-order chi connectivity index (χ1) is 5.93. The molecule has 13 heavy (non-hydrogen) atoms. The molecular formula is C12H25N. The number of nitrogens with zero attached hydrogens (tertiary/aromatic N) is 1. The summed E-state index contributed by atoms with van der Waals surface area (Å²) >= 11 is 0. The second-order valence-corrected chi connectivity index (χ2v) is 5.23. The fraction of sp³-hybridized carbons (Fsp3) is 1.00. The van der Waals surface area contributed by atoms with Crippen LogP contribution >= 0.6 is 0 Å². The van der Waals surface area contributed by atoms with E-state index in [9.17, 15) is 0 Å². The molecule has 0 radical (unpaired) electrons. The van der Waals surface area contributed by atoms with Gasteiger partial charge in [-0.25, -0.2) is 0 Å². The normalized spacial score (nSPS) is 37.6. The number of likely N-dealkylation sites (tertiary alicyclic amines) is 1. The fourth-order valence-electron chi connectivity index (χ4n) is 2.86. The minimum Gasteiger partial charge on any atom is -0.292 e. The standard InChI is InChI=1S/C12H25N/c1-7-10(4)13-11(5)8-12(13,6)9(2)3/h9-11H,7-8H2,1-6H3. The van der Waals surface area contributed by atoms with E-state index in [1.54, 1.807) is 0 Å². The Kier molecular flexibility index (Phi) is 3.06. The molecule has 1 saturated heterocycles. The van der Waals surface area contributed by atoms with Crippen molar-refractivity contribution in [1.82, 2.24) is 4.90 Å². The summed E-state index contributed by atoms with van der Waals surface area (Å²) in [6, 6.07) is 1.54. The molecule has 1 rings (SSSR count). The first-order valence-corrected chi connectivity index (χ1v) is 5.72. The smallest absolute Gasteiger partial charge is 0.0224 e. The Labute approximate surface area is 83.5 Å². The molecule has 0 N–H and O–H groups in total. The molecule has 0 spiro atoms. The fourth-order valence-corrected chi connectivity index (χ4v) is 2.86. The minimum atomic E-state index is 0.467. The van der Waals surface area contributed by atoms with Gasteiger partial charge in [0.15, 0.2) is 0 Å². The maximum absolute atomic E-state index is 2.71. The van der Waals surface area contributed by atoms with Crippen LogP contribution in [0.1, 0.15) is 54.4 Å². The molecule has 1 heteroatoms. The Morgan fingerprint density at radius 2 is 1.92 bits per heavy atom. The second-order valence-electron chi connectivity index (χ2n) is 5.23. The molecule has 0 aliphatic carbocycles. The second kappa shape index (κ2) is 3.61. The first kappa shape index (κ1) is 11.0. The molecule has 0 bridgehead atoms. The van der Waals surface area contributed by atoms with Gasteiger partial charge in [-0.1, -0.05) is 20.8 Å². The van der Waals surface area contributed by atoms with E-state index >= 15 is 0 Å². The van der Waals surface area contributed by atoms with Crippen molar-refractivity contribution in [2.45, 2.75) is 72.0 Å². The Hall–Kier alpha value is -0.0400. The summed E-state index contributed by atoms with van der Waals surface area (Å²) in [6.07, 6.45) is 2.64. The van der Waals surface area contributed by atoms with E-state index in [0.717, 1.165) is 18.0 Å². The van der Waals surface area contributed by atoms with Crippen molar-refractivity contribution < 1.29 is 0 Å². The Morgan fingerprint density at radius 1 is 1.38 bits per heavy atom. The lowest BCUT2D eigenvalue weighted by Gasteiger charge is -2.61. The van der Waals surface area contributed by atoms with Crippen LogP contribution in [0, 0.1) is 5.92 Å². The predicted molar refractivity (Wildman–Crippen MR) is 58.9 cm³/mol. The van der Waals surface area contributed by atoms with Gasteiger partial charge in [-0.3, -0.25) is 4.90 Å². The minimum absolute atomic E-state index is 0.467. The number of hydrogen-bond donors (Lipinski definition) is 0. The van der Waals surface area contributed by atoms with E-state index in [-0.39, 0.29) is 0 Å². The summed E-state index contributed by atoms with van der Waals surface area (Å²) in [5.41, 5.74) is 0.467. The van der Waals surface area contributed by atoms with E-state index in [4.69, 9.17) is 0 Å². The molecule has 3 unspecified atom stereocenters. The summed E-state index contributed by atoms with van der Waals surface area (Å²) in [5.74, 6) is 0.776. The zero-order valence-electron chi connectivity index (χ0n) is 10.1. The average Bonchev–Trinajstić information content (AvgIpc) is 2.02. The van der Waals surface area contributed by atoms with Crippen molar-refractivity contribution in [2.75, 3.05) is 0 Å². The highest BCUT2D eigenvalue weighted by Crippen LogP contribution is 2.43. The van der Waals surface area contributed by atoms with Crippen molar-refractivity contribution in [2.24, 2.45) is 5.92 Å². The van der Waals surface area contributed by atoms with Gasteiger partial charge in [0.2, 0.25) is 0 Å². The molecule has 1 nitrogen and oxygen atoms in total. The van der Waals surface area contributed by atoms with Crippen LogP contribution in [0.4, 0.5) is 0 Å². The van der Waals surface area contributed by atoms with E-state index in [0.29, 0.717) is 5.54 Å². The molecule has 1 aliphatic heterocycles. The lowest BCUT2D eigenvalue weighted by Crippen LogP contribution is -2.68. The highest BCUT2D eigenvalue weighted by atomic mass is 15.3. The quantitative estimate of drug-likeness (QED) is 0.649. The van der Waals surface area contributed by atoms with Crippen LogP contribution < -0.4 is 0 Å². The van der Waals surface area contributed by atoms with Crippen LogP contribution in [0.25, 0.3) is 0 Å². The number of hydrogen-bond acceptors (Lipinski definition) is 1. The highest BCUT2D eigenvalue weighted by molar-refractivity contribution is 5.04. The molecule has 0 aromatic rings. The monoisotopic (exact) mass is 183 g/mol. The van der Waals surface area contributed by atoms with Crippen molar-refractivity contribution in [3.05, 3.63) is 0 Å². The Balaban J connectivity index is 2.70. The number of rotatable bonds is 3. The van der Waals surface area contributed by atoms with Crippen molar-refractivity contribution >= 4 is 0 Å². The van der Waals surface area contributed by atoms with Gasteiger partial charge in [-0.15, -0.1) is 0 Å². The third kappa shape index (κ3) is 1.63. The molecule has 0 aromatic heterocycles. The van der Waals surface area contributed by atoms with Gasteiger partial charge in [0.05, 0.1) is 0 Å². The van der Waals surface area contributed by atoms with Gasteiger partial charge in [-0.2, -0.15) is 0 Å². The largest absolute Gasteiger partial charge is 0.292 e. The zero-order chi connectivity index (χ0) is 10.2. The van der Waals surface area contributed by atoms with E-state index in [2.05, 4.69) is 46.4 Å². The van der Waals surface area contributed by atoms with Gasteiger partial charge in [0.1, 0.15) is 0 Å². The third-order valence-corrected chi connectivity index (χ3v) is 4.08. The first-order valence-electron chi connectivity index (χ1n) is 5.72. The summed E-state index contributed by atoms with van der Waals surface area (Å²) < 4.78 is 0. The Morgan fingerprint density at radius 3 is 2.23 bits per heavy atom. The summed E-state index contributed by atoms with van der Waals surface area (Å²) in [6.45, 7) is 14.1. The van der Waals surface area contributed by atoms with Gasteiger partial charge in [0, 0.05) is 17.6 Å². The van der Waals surface area contributed by atoms with Crippen LogP contribution in [-0.2, 0) is 0 Å². The molecule has 1 fully saturated rings. The topological polar surface area (TPSA) is 3.24 Å². The lowest BCUT2D eigenvalue weighted by atomic mass is 9.71. The lowest BCUT2D eigenvalue weighted by molar-refractivity contribution is -0.109. The van der Waals surface area contributed by atoms with Gasteiger partial charge in [0.25, 0.3) is 0 Å². The molecule has 0 amide bonds. The average molecular weight is 183 g/mol. The molecule has 3 atom stereocenters. The van der Waals surface area contributed by atoms with E-state index < -0.39 is 0 Å². The van der Waals surface area contributed by atoms with Crippen LogP contribution in [0.2, 0.25) is 0 Å². The van der Waals surface area contributed by atoms with Crippen LogP contribution in [0.15, 0.2) is 0 Å². The van der Waals surface area contributed by atoms with E-state index in [1.807, 2.05) is 0 Å². The summed E-state index contributed by atoms with van der Waals surface area (Å²) in [4.78, 5) is 2.71. The third-order valence-electron chi connectivity index (χ3n) is 4.08. The molecule has 0 saturated carbocycles. The highest BCUT2D eigenvalue weighted by Gasteiger charge is 2.49. The van der Waals surface area contributed by atoms with Crippen molar-refractivity contribution in [1.29, 1.82) is 0 Å². The zero-order valence-corrected chi connectivity index (χ0v) is 10.1. The molecule has 1 aliphatic rings. The predicted octanol–water partition coefficient (Wildman–Crippen LogP) is 3.29. The van der Waals surface area contributed by atoms with E-state index in [1.165, 1.54) is 12.8 Å².